The SMILES string of the molecule is CCn1nc(-c2ccc(F)cc2OC)cc1CC(=O)OCc1ccc2c(c1)ncn2C. The Morgan fingerprint density at radius 1 is 1.16 bits per heavy atom. The van der Waals surface area contributed by atoms with Crippen molar-refractivity contribution in [2.24, 2.45) is 7.05 Å². The zero-order valence-corrected chi connectivity index (χ0v) is 17.6. The van der Waals surface area contributed by atoms with Crippen LogP contribution in [0.5, 0.6) is 5.75 Å². The molecule has 4 aromatic rings. The molecule has 4 rings (SSSR count). The Morgan fingerprint density at radius 2 is 2.00 bits per heavy atom. The lowest BCUT2D eigenvalue weighted by Crippen LogP contribution is -2.12. The summed E-state index contributed by atoms with van der Waals surface area (Å²) < 4.78 is 27.9. The van der Waals surface area contributed by atoms with Crippen molar-refractivity contribution in [3.8, 4) is 17.0 Å². The van der Waals surface area contributed by atoms with Crippen LogP contribution in [-0.2, 0) is 36.2 Å². The topological polar surface area (TPSA) is 71.2 Å². The molecule has 0 aliphatic rings. The Kier molecular flexibility index (Phi) is 5.70. The summed E-state index contributed by atoms with van der Waals surface area (Å²) in [6.07, 6.45) is 1.83. The number of fused-ring (bicyclic) bond motifs is 1. The van der Waals surface area contributed by atoms with Gasteiger partial charge in [-0.3, -0.25) is 9.48 Å². The molecule has 0 radical (unpaired) electrons. The monoisotopic (exact) mass is 422 g/mol. The van der Waals surface area contributed by atoms with Crippen LogP contribution in [0.15, 0.2) is 48.8 Å². The van der Waals surface area contributed by atoms with E-state index in [1.54, 1.807) is 23.1 Å². The van der Waals surface area contributed by atoms with E-state index >= 15 is 0 Å². The van der Waals surface area contributed by atoms with E-state index in [0.717, 1.165) is 16.6 Å². The summed E-state index contributed by atoms with van der Waals surface area (Å²) in [6, 6.07) is 11.9. The van der Waals surface area contributed by atoms with Crippen LogP contribution in [0, 0.1) is 5.82 Å². The third-order valence-electron chi connectivity index (χ3n) is 5.12. The van der Waals surface area contributed by atoms with Crippen molar-refractivity contribution in [2.45, 2.75) is 26.5 Å². The Hall–Kier alpha value is -3.68. The van der Waals surface area contributed by atoms with Gasteiger partial charge >= 0.3 is 5.97 Å². The first kappa shape index (κ1) is 20.6. The van der Waals surface area contributed by atoms with Crippen LogP contribution in [0.4, 0.5) is 4.39 Å². The third kappa shape index (κ3) is 4.28. The molecule has 0 fully saturated rings. The van der Waals surface area contributed by atoms with E-state index in [0.29, 0.717) is 29.2 Å². The Balaban J connectivity index is 1.47. The minimum atomic E-state index is -0.386. The maximum Gasteiger partial charge on any atom is 0.312 e. The summed E-state index contributed by atoms with van der Waals surface area (Å²) >= 11 is 0. The highest BCUT2D eigenvalue weighted by Crippen LogP contribution is 2.30. The number of aryl methyl sites for hydroxylation is 2. The summed E-state index contributed by atoms with van der Waals surface area (Å²) in [5.74, 6) is -0.351. The third-order valence-corrected chi connectivity index (χ3v) is 5.12. The lowest BCUT2D eigenvalue weighted by atomic mass is 10.1. The van der Waals surface area contributed by atoms with E-state index in [2.05, 4.69) is 10.1 Å². The second-order valence-electron chi connectivity index (χ2n) is 7.20. The second-order valence-corrected chi connectivity index (χ2v) is 7.20. The van der Waals surface area contributed by atoms with Gasteiger partial charge < -0.3 is 14.0 Å². The first-order valence-electron chi connectivity index (χ1n) is 9.94. The summed E-state index contributed by atoms with van der Waals surface area (Å²) in [7, 11) is 3.41. The van der Waals surface area contributed by atoms with E-state index in [4.69, 9.17) is 9.47 Å². The Labute approximate surface area is 179 Å². The maximum absolute atomic E-state index is 13.5. The largest absolute Gasteiger partial charge is 0.496 e. The van der Waals surface area contributed by atoms with Gasteiger partial charge in [-0.2, -0.15) is 5.10 Å². The van der Waals surface area contributed by atoms with Gasteiger partial charge in [0, 0.05) is 25.2 Å². The molecular weight excluding hydrogens is 399 g/mol. The smallest absolute Gasteiger partial charge is 0.312 e. The Bertz CT molecular complexity index is 1250. The van der Waals surface area contributed by atoms with E-state index in [1.807, 2.05) is 36.7 Å². The molecule has 0 amide bonds. The maximum atomic E-state index is 13.5. The number of hydrogen-bond acceptors (Lipinski definition) is 5. The average molecular weight is 422 g/mol. The van der Waals surface area contributed by atoms with Crippen LogP contribution in [0.1, 0.15) is 18.2 Å². The van der Waals surface area contributed by atoms with Gasteiger partial charge in [0.15, 0.2) is 0 Å². The highest BCUT2D eigenvalue weighted by atomic mass is 19.1. The molecule has 0 unspecified atom stereocenters. The molecule has 7 nitrogen and oxygen atoms in total. The van der Waals surface area contributed by atoms with Gasteiger partial charge in [0.2, 0.25) is 0 Å². The fourth-order valence-corrected chi connectivity index (χ4v) is 3.51. The number of ether oxygens (including phenoxy) is 2. The molecule has 0 aliphatic carbocycles. The quantitative estimate of drug-likeness (QED) is 0.423. The molecule has 2 aromatic heterocycles. The Morgan fingerprint density at radius 3 is 2.77 bits per heavy atom. The van der Waals surface area contributed by atoms with Crippen LogP contribution >= 0.6 is 0 Å². The van der Waals surface area contributed by atoms with Crippen molar-refractivity contribution >= 4 is 17.0 Å². The second kappa shape index (κ2) is 8.59. The number of imidazole rings is 1. The van der Waals surface area contributed by atoms with Crippen molar-refractivity contribution in [2.75, 3.05) is 7.11 Å². The molecule has 31 heavy (non-hydrogen) atoms. The molecule has 160 valence electrons. The van der Waals surface area contributed by atoms with E-state index < -0.39 is 0 Å². The van der Waals surface area contributed by atoms with Gasteiger partial charge in [0.1, 0.15) is 18.2 Å². The van der Waals surface area contributed by atoms with Crippen molar-refractivity contribution in [1.82, 2.24) is 19.3 Å². The normalized spacial score (nSPS) is 11.1. The molecule has 2 aromatic carbocycles. The number of hydrogen-bond donors (Lipinski definition) is 0. The number of aromatic nitrogens is 4. The molecule has 0 bridgehead atoms. The van der Waals surface area contributed by atoms with Crippen molar-refractivity contribution in [3.63, 3.8) is 0 Å². The average Bonchev–Trinajstić information content (AvgIpc) is 3.35. The van der Waals surface area contributed by atoms with Gasteiger partial charge in [-0.05, 0) is 42.8 Å². The molecular formula is C23H23FN4O3. The first-order chi connectivity index (χ1) is 15.0. The molecule has 0 N–H and O–H groups in total. The van der Waals surface area contributed by atoms with Gasteiger partial charge in [-0.25, -0.2) is 9.37 Å². The minimum absolute atomic E-state index is 0.0795. The molecule has 8 heteroatoms. The molecule has 0 atom stereocenters. The number of carbonyl (C=O) groups is 1. The molecule has 2 heterocycles. The number of rotatable bonds is 7. The number of esters is 1. The van der Waals surface area contributed by atoms with E-state index in [1.165, 1.54) is 19.2 Å². The number of carbonyl (C=O) groups excluding carboxylic acids is 1. The van der Waals surface area contributed by atoms with Gasteiger partial charge in [-0.1, -0.05) is 6.07 Å². The van der Waals surface area contributed by atoms with Crippen LogP contribution in [0.3, 0.4) is 0 Å². The fourth-order valence-electron chi connectivity index (χ4n) is 3.51. The number of nitrogens with zero attached hydrogens (tertiary/aromatic N) is 4. The summed E-state index contributed by atoms with van der Waals surface area (Å²) in [4.78, 5) is 16.8. The fraction of sp³-hybridized carbons (Fsp3) is 0.261. The van der Waals surface area contributed by atoms with E-state index in [9.17, 15) is 9.18 Å². The lowest BCUT2D eigenvalue weighted by molar-refractivity contribution is -0.144. The summed E-state index contributed by atoms with van der Waals surface area (Å²) in [5.41, 5.74) is 4.74. The zero-order chi connectivity index (χ0) is 22.0. The zero-order valence-electron chi connectivity index (χ0n) is 17.6. The predicted octanol–water partition coefficient (Wildman–Crippen LogP) is 3.89. The van der Waals surface area contributed by atoms with Crippen LogP contribution in [-0.4, -0.2) is 32.4 Å². The first-order valence-corrected chi connectivity index (χ1v) is 9.94. The van der Waals surface area contributed by atoms with Crippen LogP contribution in [0.25, 0.3) is 22.3 Å². The number of methoxy groups -OCH3 is 1. The molecule has 0 saturated carbocycles. The standard InChI is InChI=1S/C23H23FN4O3/c1-4-28-17(11-19(26-28)18-7-6-16(24)10-22(18)30-3)12-23(29)31-13-15-5-8-21-20(9-15)25-14-27(21)2/h5-11,14H,4,12-13H2,1-3H3. The predicted molar refractivity (Wildman–Crippen MR) is 114 cm³/mol. The molecule has 0 saturated heterocycles. The number of halogens is 1. The summed E-state index contributed by atoms with van der Waals surface area (Å²) in [6.45, 7) is 2.70. The highest BCUT2D eigenvalue weighted by molar-refractivity contribution is 5.76. The molecule has 0 spiro atoms. The lowest BCUT2D eigenvalue weighted by Gasteiger charge is -2.06. The van der Waals surface area contributed by atoms with Crippen molar-refractivity contribution < 1.29 is 18.7 Å². The van der Waals surface area contributed by atoms with Crippen LogP contribution in [0.2, 0.25) is 0 Å². The highest BCUT2D eigenvalue weighted by Gasteiger charge is 2.16. The van der Waals surface area contributed by atoms with E-state index in [-0.39, 0.29) is 24.8 Å². The van der Waals surface area contributed by atoms with Gasteiger partial charge in [-0.15, -0.1) is 0 Å². The van der Waals surface area contributed by atoms with Crippen molar-refractivity contribution in [3.05, 3.63) is 65.9 Å². The van der Waals surface area contributed by atoms with Crippen LogP contribution < -0.4 is 4.74 Å². The van der Waals surface area contributed by atoms with Gasteiger partial charge in [0.25, 0.3) is 0 Å². The minimum Gasteiger partial charge on any atom is -0.496 e. The molecule has 0 aliphatic heterocycles. The summed E-state index contributed by atoms with van der Waals surface area (Å²) in [5, 5.41) is 4.54. The number of benzene rings is 2. The van der Waals surface area contributed by atoms with Crippen molar-refractivity contribution in [1.29, 1.82) is 0 Å². The van der Waals surface area contributed by atoms with Gasteiger partial charge in [0.05, 0.1) is 42.3 Å².